The first kappa shape index (κ1) is 30.4. The molecule has 0 unspecified atom stereocenters. The van der Waals surface area contributed by atoms with Crippen LogP contribution in [0.1, 0.15) is 23.4 Å². The van der Waals surface area contributed by atoms with Crippen LogP contribution in [-0.4, -0.2) is 80.8 Å². The summed E-state index contributed by atoms with van der Waals surface area (Å²) in [6.07, 6.45) is -2.09. The molecule has 2 fully saturated rings. The second kappa shape index (κ2) is 13.6. The average Bonchev–Trinajstić information content (AvgIpc) is 3.48. The number of morpholine rings is 1. The fraction of sp³-hybridized carbons (Fsp3) is 0.524. The molecular weight excluding hydrogens is 536 g/mol. The molecule has 9 nitrogen and oxygen atoms in total. The highest BCUT2D eigenvalue weighted by molar-refractivity contribution is 7.09. The maximum atomic E-state index is 10.6. The van der Waals surface area contributed by atoms with Gasteiger partial charge in [0.2, 0.25) is 0 Å². The van der Waals surface area contributed by atoms with Crippen molar-refractivity contribution >= 4 is 23.3 Å². The number of hydrogen-bond donors (Lipinski definition) is 2. The van der Waals surface area contributed by atoms with Gasteiger partial charge in [-0.25, -0.2) is 14.6 Å². The van der Waals surface area contributed by atoms with Crippen molar-refractivity contribution < 1.29 is 55.6 Å². The highest BCUT2D eigenvalue weighted by atomic mass is 32.1. The van der Waals surface area contributed by atoms with E-state index in [1.54, 1.807) is 11.3 Å². The molecule has 1 aliphatic heterocycles. The summed E-state index contributed by atoms with van der Waals surface area (Å²) in [5.41, 5.74) is 1.17. The standard InChI is InChI=1S/C17H21N3O2S.2C2HF3O2/c1-2-15(22-12-13-3-5-18-6-4-13)17-14(1)20(8-9-21-17)11-16-19-7-10-23-16;2*3-2(4,5)1(6)7/h3-7,10,14-15,17H,1-2,8-9,11-12H2;2*(H,6,7)/t14-,15+,17+;;/m0../s1. The molecule has 3 heterocycles. The zero-order valence-electron chi connectivity index (χ0n) is 19.0. The first-order valence-electron chi connectivity index (χ1n) is 10.6. The molecular formula is C21H23F6N3O6S. The summed E-state index contributed by atoms with van der Waals surface area (Å²) < 4.78 is 75.7. The first-order chi connectivity index (χ1) is 17.3. The molecule has 0 radical (unpaired) electrons. The Labute approximate surface area is 210 Å². The number of ether oxygens (including phenoxy) is 2. The topological polar surface area (TPSA) is 122 Å². The average molecular weight is 559 g/mol. The van der Waals surface area contributed by atoms with Crippen molar-refractivity contribution in [3.8, 4) is 0 Å². The second-order valence-corrected chi connectivity index (χ2v) is 8.67. The minimum atomic E-state index is -5.08. The van der Waals surface area contributed by atoms with Crippen molar-refractivity contribution in [2.45, 2.75) is 56.6 Å². The van der Waals surface area contributed by atoms with Crippen LogP contribution in [0.5, 0.6) is 0 Å². The SMILES string of the molecule is O=C(O)C(F)(F)F.O=C(O)C(F)(F)F.c1cc(CO[C@@H]2CC[C@H]3[C@H]2OCCN3Cc2nccs2)ccn1. The molecule has 3 atom stereocenters. The monoisotopic (exact) mass is 559 g/mol. The molecule has 4 rings (SSSR count). The largest absolute Gasteiger partial charge is 0.490 e. The van der Waals surface area contributed by atoms with E-state index in [1.165, 1.54) is 10.6 Å². The van der Waals surface area contributed by atoms with Gasteiger partial charge in [0, 0.05) is 36.6 Å². The summed E-state index contributed by atoms with van der Waals surface area (Å²) in [6.45, 7) is 3.32. The quantitative estimate of drug-likeness (QED) is 0.528. The highest BCUT2D eigenvalue weighted by Crippen LogP contribution is 2.33. The molecule has 0 bridgehead atoms. The number of hydrogen-bond acceptors (Lipinski definition) is 8. The van der Waals surface area contributed by atoms with Crippen molar-refractivity contribution in [1.29, 1.82) is 0 Å². The van der Waals surface area contributed by atoms with Gasteiger partial charge in [0.15, 0.2) is 0 Å². The number of halogens is 6. The molecule has 1 saturated heterocycles. The molecule has 16 heteroatoms. The van der Waals surface area contributed by atoms with E-state index in [2.05, 4.69) is 14.9 Å². The Morgan fingerprint density at radius 2 is 1.65 bits per heavy atom. The molecule has 0 amide bonds. The Hall–Kier alpha value is -2.82. The Morgan fingerprint density at radius 3 is 2.16 bits per heavy atom. The van der Waals surface area contributed by atoms with Gasteiger partial charge in [0.05, 0.1) is 32.0 Å². The number of carbonyl (C=O) groups is 2. The molecule has 1 saturated carbocycles. The number of rotatable bonds is 5. The van der Waals surface area contributed by atoms with E-state index in [4.69, 9.17) is 29.3 Å². The van der Waals surface area contributed by atoms with Gasteiger partial charge in [-0.15, -0.1) is 11.3 Å². The lowest BCUT2D eigenvalue weighted by Gasteiger charge is -2.38. The molecule has 0 aromatic carbocycles. The van der Waals surface area contributed by atoms with Crippen molar-refractivity contribution in [3.63, 3.8) is 0 Å². The van der Waals surface area contributed by atoms with Crippen molar-refractivity contribution in [3.05, 3.63) is 46.7 Å². The Bertz CT molecular complexity index is 953. The molecule has 2 aliphatic rings. The zero-order chi connectivity index (χ0) is 27.6. The van der Waals surface area contributed by atoms with Crippen molar-refractivity contribution in [2.75, 3.05) is 13.2 Å². The number of thiazole rings is 1. The number of pyridine rings is 1. The smallest absolute Gasteiger partial charge is 0.475 e. The van der Waals surface area contributed by atoms with Gasteiger partial charge in [0.1, 0.15) is 5.01 Å². The molecule has 37 heavy (non-hydrogen) atoms. The summed E-state index contributed by atoms with van der Waals surface area (Å²) in [7, 11) is 0. The molecule has 2 N–H and O–H groups in total. The van der Waals surface area contributed by atoms with Crippen LogP contribution in [0.25, 0.3) is 0 Å². The van der Waals surface area contributed by atoms with Crippen LogP contribution in [0.15, 0.2) is 36.1 Å². The Kier molecular flexibility index (Phi) is 11.2. The predicted octanol–water partition coefficient (Wildman–Crippen LogP) is 3.75. The minimum absolute atomic E-state index is 0.186. The van der Waals surface area contributed by atoms with Gasteiger partial charge in [-0.3, -0.25) is 9.88 Å². The first-order valence-corrected chi connectivity index (χ1v) is 11.5. The fourth-order valence-electron chi connectivity index (χ4n) is 3.55. The molecule has 2 aromatic rings. The second-order valence-electron chi connectivity index (χ2n) is 7.69. The van der Waals surface area contributed by atoms with Gasteiger partial charge >= 0.3 is 24.3 Å². The van der Waals surface area contributed by atoms with E-state index in [-0.39, 0.29) is 12.2 Å². The summed E-state index contributed by atoms with van der Waals surface area (Å²) in [4.78, 5) is 28.8. The Balaban J connectivity index is 0.000000286. The number of fused-ring (bicyclic) bond motifs is 1. The van der Waals surface area contributed by atoms with Crippen molar-refractivity contribution in [1.82, 2.24) is 14.9 Å². The predicted molar refractivity (Wildman–Crippen MR) is 115 cm³/mol. The van der Waals surface area contributed by atoms with Crippen LogP contribution < -0.4 is 0 Å². The lowest BCUT2D eigenvalue weighted by atomic mass is 10.1. The lowest BCUT2D eigenvalue weighted by Crippen LogP contribution is -2.51. The number of alkyl halides is 6. The van der Waals surface area contributed by atoms with Gasteiger partial charge in [-0.1, -0.05) is 0 Å². The number of carboxylic acid groups (broad SMARTS) is 2. The summed E-state index contributed by atoms with van der Waals surface area (Å²) in [5, 5.41) is 17.5. The lowest BCUT2D eigenvalue weighted by molar-refractivity contribution is -0.193. The number of nitrogens with zero attached hydrogens (tertiary/aromatic N) is 3. The zero-order valence-corrected chi connectivity index (χ0v) is 19.8. The van der Waals surface area contributed by atoms with Crippen LogP contribution in [0.3, 0.4) is 0 Å². The third-order valence-corrected chi connectivity index (χ3v) is 5.94. The van der Waals surface area contributed by atoms with E-state index in [0.717, 1.165) is 32.5 Å². The van der Waals surface area contributed by atoms with Crippen molar-refractivity contribution in [2.24, 2.45) is 0 Å². The van der Waals surface area contributed by atoms with E-state index in [9.17, 15) is 26.3 Å². The normalized spacial score (nSPS) is 21.6. The third kappa shape index (κ3) is 10.2. The van der Waals surface area contributed by atoms with Gasteiger partial charge < -0.3 is 19.7 Å². The van der Waals surface area contributed by atoms with E-state index in [0.29, 0.717) is 12.6 Å². The number of carboxylic acids is 2. The summed E-state index contributed by atoms with van der Waals surface area (Å²) in [6, 6.07) is 4.46. The molecule has 2 aromatic heterocycles. The van der Waals surface area contributed by atoms with E-state index < -0.39 is 24.3 Å². The van der Waals surface area contributed by atoms with Gasteiger partial charge in [-0.2, -0.15) is 26.3 Å². The number of aromatic nitrogens is 2. The summed E-state index contributed by atoms with van der Waals surface area (Å²) >= 11 is 1.73. The Morgan fingerprint density at radius 1 is 1.05 bits per heavy atom. The van der Waals surface area contributed by atoms with E-state index >= 15 is 0 Å². The van der Waals surface area contributed by atoms with Crippen LogP contribution in [-0.2, 0) is 32.2 Å². The van der Waals surface area contributed by atoms with Crippen LogP contribution in [0, 0.1) is 0 Å². The van der Waals surface area contributed by atoms with Crippen LogP contribution >= 0.6 is 11.3 Å². The highest BCUT2D eigenvalue weighted by Gasteiger charge is 2.43. The molecule has 0 spiro atoms. The molecule has 1 aliphatic carbocycles. The maximum Gasteiger partial charge on any atom is 0.490 e. The number of aliphatic carboxylic acids is 2. The van der Waals surface area contributed by atoms with Gasteiger partial charge in [0.25, 0.3) is 0 Å². The minimum Gasteiger partial charge on any atom is -0.475 e. The summed E-state index contributed by atoms with van der Waals surface area (Å²) in [5.74, 6) is -5.51. The van der Waals surface area contributed by atoms with Crippen LogP contribution in [0.4, 0.5) is 26.3 Å². The molecule has 206 valence electrons. The fourth-order valence-corrected chi connectivity index (χ4v) is 4.19. The van der Waals surface area contributed by atoms with Gasteiger partial charge in [-0.05, 0) is 30.5 Å². The van der Waals surface area contributed by atoms with E-state index in [1.807, 2.05) is 36.1 Å². The maximum absolute atomic E-state index is 10.6. The van der Waals surface area contributed by atoms with Crippen LogP contribution in [0.2, 0.25) is 0 Å². The third-order valence-electron chi connectivity index (χ3n) is 5.17.